The maximum Gasteiger partial charge on any atom is 0.306 e. The number of likely N-dealkylation sites (N-methyl/N-ethyl adjacent to an activating group) is 1. The summed E-state index contributed by atoms with van der Waals surface area (Å²) in [5, 5.41) is 3.02. The first-order valence-corrected chi connectivity index (χ1v) is 33.2. The zero-order chi connectivity index (χ0) is 55.7. The van der Waals surface area contributed by atoms with E-state index in [4.69, 9.17) is 13.8 Å². The van der Waals surface area contributed by atoms with Crippen molar-refractivity contribution >= 4 is 19.7 Å². The van der Waals surface area contributed by atoms with Crippen LogP contribution in [0.25, 0.3) is 0 Å². The zero-order valence-corrected chi connectivity index (χ0v) is 51.3. The van der Waals surface area contributed by atoms with Crippen LogP contribution < -0.4 is 10.2 Å². The van der Waals surface area contributed by atoms with E-state index in [1.807, 2.05) is 33.3 Å². The molecule has 0 aromatic heterocycles. The van der Waals surface area contributed by atoms with Crippen molar-refractivity contribution in [3.05, 3.63) is 72.9 Å². The predicted molar refractivity (Wildman–Crippen MR) is 325 cm³/mol. The number of ether oxygens (including phenoxy) is 1. The van der Waals surface area contributed by atoms with Crippen molar-refractivity contribution in [1.82, 2.24) is 5.32 Å². The largest absolute Gasteiger partial charge is 0.756 e. The number of carbonyl (C=O) groups excluding carboxylic acids is 2. The van der Waals surface area contributed by atoms with Crippen LogP contribution in [-0.4, -0.2) is 69.4 Å². The number of nitrogens with one attached hydrogen (secondary N) is 1. The molecule has 0 fully saturated rings. The summed E-state index contributed by atoms with van der Waals surface area (Å²) in [7, 11) is 1.18. The fourth-order valence-corrected chi connectivity index (χ4v) is 9.62. The summed E-state index contributed by atoms with van der Waals surface area (Å²) in [6.07, 6.45) is 71.6. The number of phosphoric ester groups is 1. The Morgan fingerprint density at radius 1 is 0.461 bits per heavy atom. The minimum Gasteiger partial charge on any atom is -0.756 e. The van der Waals surface area contributed by atoms with Gasteiger partial charge in [-0.3, -0.25) is 14.2 Å². The molecule has 1 amide bonds. The van der Waals surface area contributed by atoms with E-state index in [0.29, 0.717) is 17.4 Å². The highest BCUT2D eigenvalue weighted by Crippen LogP contribution is 2.38. The van der Waals surface area contributed by atoms with Crippen molar-refractivity contribution < 1.29 is 37.3 Å². The van der Waals surface area contributed by atoms with Gasteiger partial charge in [-0.1, -0.05) is 248 Å². The first-order chi connectivity index (χ1) is 36.9. The molecule has 9 nitrogen and oxygen atoms in total. The molecule has 0 spiro atoms. The Balaban J connectivity index is 5.04. The van der Waals surface area contributed by atoms with Crippen molar-refractivity contribution in [3.63, 3.8) is 0 Å². The van der Waals surface area contributed by atoms with Crippen LogP contribution in [0.2, 0.25) is 0 Å². The number of unbranched alkanes of at least 4 members (excludes halogenated alkanes) is 31. The Morgan fingerprint density at radius 3 is 1.28 bits per heavy atom. The van der Waals surface area contributed by atoms with Gasteiger partial charge in [-0.2, -0.15) is 0 Å². The molecule has 0 heterocycles. The molecular weight excluding hydrogens is 964 g/mol. The average Bonchev–Trinajstić information content (AvgIpc) is 3.38. The van der Waals surface area contributed by atoms with Crippen molar-refractivity contribution in [3.8, 4) is 0 Å². The summed E-state index contributed by atoms with van der Waals surface area (Å²) in [5.41, 5.74) is 0. The van der Waals surface area contributed by atoms with E-state index in [1.54, 1.807) is 0 Å². The van der Waals surface area contributed by atoms with E-state index in [9.17, 15) is 19.0 Å². The Morgan fingerprint density at radius 2 is 0.816 bits per heavy atom. The minimum atomic E-state index is -4.70. The quantitative estimate of drug-likeness (QED) is 0.0212. The van der Waals surface area contributed by atoms with Crippen molar-refractivity contribution in [2.75, 3.05) is 40.9 Å². The van der Waals surface area contributed by atoms with Crippen LogP contribution in [-0.2, 0) is 27.9 Å². The molecule has 0 aromatic rings. The summed E-state index contributed by atoms with van der Waals surface area (Å²) in [6.45, 7) is 6.77. The van der Waals surface area contributed by atoms with Gasteiger partial charge in [0, 0.05) is 12.8 Å². The molecule has 3 unspecified atom stereocenters. The van der Waals surface area contributed by atoms with Crippen molar-refractivity contribution in [2.24, 2.45) is 0 Å². The van der Waals surface area contributed by atoms with E-state index in [0.717, 1.165) is 109 Å². The van der Waals surface area contributed by atoms with Crippen molar-refractivity contribution in [2.45, 2.75) is 296 Å². The summed E-state index contributed by atoms with van der Waals surface area (Å²) in [4.78, 5) is 39.9. The molecule has 1 N–H and O–H groups in total. The number of hydrogen-bond donors (Lipinski definition) is 1. The third-order valence-electron chi connectivity index (χ3n) is 13.9. The Kier molecular flexibility index (Phi) is 53.9. The van der Waals surface area contributed by atoms with Gasteiger partial charge < -0.3 is 28.5 Å². The average molecular weight is 1090 g/mol. The van der Waals surface area contributed by atoms with Gasteiger partial charge in [-0.25, -0.2) is 0 Å². The molecule has 76 heavy (non-hydrogen) atoms. The highest BCUT2D eigenvalue weighted by molar-refractivity contribution is 7.45. The van der Waals surface area contributed by atoms with Gasteiger partial charge in [0.25, 0.3) is 7.82 Å². The van der Waals surface area contributed by atoms with E-state index in [2.05, 4.69) is 86.8 Å². The normalized spacial score (nSPS) is 14.1. The van der Waals surface area contributed by atoms with Crippen LogP contribution in [0.1, 0.15) is 284 Å². The second kappa shape index (κ2) is 55.8. The molecule has 0 rings (SSSR count). The second-order valence-corrected chi connectivity index (χ2v) is 24.0. The molecule has 0 aliphatic rings. The second-order valence-electron chi connectivity index (χ2n) is 22.6. The van der Waals surface area contributed by atoms with Gasteiger partial charge in [-0.15, -0.1) is 0 Å². The van der Waals surface area contributed by atoms with Gasteiger partial charge >= 0.3 is 5.97 Å². The summed E-state index contributed by atoms with van der Waals surface area (Å²) in [5.74, 6) is -0.554. The summed E-state index contributed by atoms with van der Waals surface area (Å²) in [6, 6.07) is -0.894. The van der Waals surface area contributed by atoms with Crippen LogP contribution in [0.3, 0.4) is 0 Å². The van der Waals surface area contributed by atoms with Gasteiger partial charge in [0.05, 0.1) is 33.8 Å². The Bertz CT molecular complexity index is 1530. The number of phosphoric acid groups is 1. The van der Waals surface area contributed by atoms with E-state index < -0.39 is 26.6 Å². The number of nitrogens with zero attached hydrogens (tertiary/aromatic N) is 1. The van der Waals surface area contributed by atoms with Gasteiger partial charge in [-0.05, 0) is 96.0 Å². The zero-order valence-electron chi connectivity index (χ0n) is 50.4. The lowest BCUT2D eigenvalue weighted by Crippen LogP contribution is -2.47. The first-order valence-electron chi connectivity index (χ1n) is 31.7. The van der Waals surface area contributed by atoms with Gasteiger partial charge in [0.2, 0.25) is 5.91 Å². The molecule has 0 saturated heterocycles. The first kappa shape index (κ1) is 73.5. The summed E-state index contributed by atoms with van der Waals surface area (Å²) < 4.78 is 30.3. The van der Waals surface area contributed by atoms with Gasteiger partial charge in [0.1, 0.15) is 19.3 Å². The molecule has 0 bridgehead atoms. The number of quaternary nitrogens is 1. The number of rotatable bonds is 57. The number of hydrogen-bond acceptors (Lipinski definition) is 7. The smallest absolute Gasteiger partial charge is 0.306 e. The standard InChI is InChI=1S/C66H121N2O7P/c1-7-10-13-16-19-22-25-27-28-29-30-31-32-33-34-35-36-37-38-39-40-41-44-46-49-52-55-58-65(69)67-63(62-74-76(71,72)73-61-60-68(4,5)6)64(57-54-51-48-45-43-26-23-20-17-14-11-8-2)75-66(70)59-56-53-50-47-42-24-21-18-15-12-9-3/h18-19,21-22,27-28,30-31,33-34,54,57,63-64H,7-17,20,23-26,29,32,35-53,55-56,58-62H2,1-6H3,(H-,67,69,71,72)/b21-18-,22-19-,28-27-,31-30-,34-33-,57-54-. The van der Waals surface area contributed by atoms with Crippen LogP contribution in [0, 0.1) is 0 Å². The van der Waals surface area contributed by atoms with Crippen LogP contribution in [0.15, 0.2) is 72.9 Å². The molecule has 442 valence electrons. The monoisotopic (exact) mass is 1080 g/mol. The number of carbonyl (C=O) groups is 2. The summed E-state index contributed by atoms with van der Waals surface area (Å²) >= 11 is 0. The molecule has 0 saturated carbocycles. The molecule has 0 aromatic carbocycles. The topological polar surface area (TPSA) is 114 Å². The maximum atomic E-state index is 13.5. The van der Waals surface area contributed by atoms with Crippen LogP contribution in [0.5, 0.6) is 0 Å². The number of esters is 1. The van der Waals surface area contributed by atoms with E-state index in [-0.39, 0.29) is 24.9 Å². The van der Waals surface area contributed by atoms with Crippen molar-refractivity contribution in [1.29, 1.82) is 0 Å². The van der Waals surface area contributed by atoms with Crippen LogP contribution >= 0.6 is 7.82 Å². The SMILES string of the molecule is CCCC/C=C\CCCCCCCC(=O)OC(/C=C\CCCCCCCCCCCC)C(COP(=O)([O-])OCC[N+](C)(C)C)NC(=O)CCCCCCCCCCCCC/C=C\C/C=C\C/C=C\C/C=C\CCCCC. The molecule has 3 atom stereocenters. The number of amides is 1. The lowest BCUT2D eigenvalue weighted by Gasteiger charge is -2.30. The van der Waals surface area contributed by atoms with E-state index in [1.165, 1.54) is 141 Å². The van der Waals surface area contributed by atoms with Gasteiger partial charge in [0.15, 0.2) is 0 Å². The minimum absolute atomic E-state index is 0.0258. The Hall–Kier alpha value is -2.55. The highest BCUT2D eigenvalue weighted by Gasteiger charge is 2.27. The van der Waals surface area contributed by atoms with E-state index >= 15 is 0 Å². The molecule has 10 heteroatoms. The maximum absolute atomic E-state index is 13.5. The lowest BCUT2D eigenvalue weighted by molar-refractivity contribution is -0.870. The number of allylic oxidation sites excluding steroid dienone is 11. The molecule has 0 radical (unpaired) electrons. The lowest BCUT2D eigenvalue weighted by atomic mass is 10.0. The Labute approximate surface area is 470 Å². The predicted octanol–water partition coefficient (Wildman–Crippen LogP) is 19.0. The fraction of sp³-hybridized carbons (Fsp3) is 0.788. The fourth-order valence-electron chi connectivity index (χ4n) is 8.90. The third-order valence-corrected chi connectivity index (χ3v) is 14.8. The molecular formula is C66H121N2O7P. The van der Waals surface area contributed by atoms with Crippen LogP contribution in [0.4, 0.5) is 0 Å². The third kappa shape index (κ3) is 56.2. The molecule has 0 aliphatic carbocycles. The molecule has 0 aliphatic heterocycles. The highest BCUT2D eigenvalue weighted by atomic mass is 31.2.